The number of benzene rings is 1. The molecule has 1 saturated heterocycles. The van der Waals surface area contributed by atoms with Crippen molar-refractivity contribution in [2.24, 2.45) is 5.41 Å². The van der Waals surface area contributed by atoms with Gasteiger partial charge in [0.1, 0.15) is 11.8 Å². The van der Waals surface area contributed by atoms with Gasteiger partial charge in [0.25, 0.3) is 0 Å². The van der Waals surface area contributed by atoms with Crippen molar-refractivity contribution in [3.63, 3.8) is 0 Å². The van der Waals surface area contributed by atoms with E-state index in [9.17, 15) is 9.59 Å². The van der Waals surface area contributed by atoms with Crippen LogP contribution in [0.15, 0.2) is 24.3 Å². The first-order valence-corrected chi connectivity index (χ1v) is 8.86. The maximum absolute atomic E-state index is 12.8. The topological polar surface area (TPSA) is 58.6 Å². The highest BCUT2D eigenvalue weighted by Crippen LogP contribution is 2.41. The molecule has 1 aromatic rings. The molecule has 2 amide bonds. The van der Waals surface area contributed by atoms with Crippen LogP contribution in [0.1, 0.15) is 45.4 Å². The van der Waals surface area contributed by atoms with Crippen LogP contribution >= 0.6 is 0 Å². The summed E-state index contributed by atoms with van der Waals surface area (Å²) in [5.74, 6) is 0.693. The first-order valence-electron chi connectivity index (χ1n) is 8.86. The van der Waals surface area contributed by atoms with E-state index in [2.05, 4.69) is 12.2 Å². The molecule has 1 unspecified atom stereocenters. The van der Waals surface area contributed by atoms with Crippen LogP contribution in [0.4, 0.5) is 5.69 Å². The predicted molar refractivity (Wildman–Crippen MR) is 93.1 cm³/mol. The van der Waals surface area contributed by atoms with E-state index in [-0.39, 0.29) is 17.2 Å². The van der Waals surface area contributed by atoms with Gasteiger partial charge in [0.2, 0.25) is 11.8 Å². The summed E-state index contributed by atoms with van der Waals surface area (Å²) >= 11 is 0. The number of ether oxygens (including phenoxy) is 1. The third-order valence-electron chi connectivity index (χ3n) is 5.61. The van der Waals surface area contributed by atoms with Gasteiger partial charge in [0.15, 0.2) is 0 Å². The van der Waals surface area contributed by atoms with Gasteiger partial charge in [0.05, 0.1) is 12.8 Å². The number of para-hydroxylation sites is 2. The average molecular weight is 330 g/mol. The molecule has 2 fully saturated rings. The molecule has 5 heteroatoms. The molecule has 1 N–H and O–H groups in total. The lowest BCUT2D eigenvalue weighted by Gasteiger charge is -2.27. The van der Waals surface area contributed by atoms with Gasteiger partial charge in [-0.2, -0.15) is 0 Å². The van der Waals surface area contributed by atoms with Gasteiger partial charge in [0, 0.05) is 12.0 Å². The Labute approximate surface area is 143 Å². The lowest BCUT2D eigenvalue weighted by atomic mass is 9.82. The summed E-state index contributed by atoms with van der Waals surface area (Å²) in [7, 11) is 1.60. The lowest BCUT2D eigenvalue weighted by molar-refractivity contribution is -0.134. The van der Waals surface area contributed by atoms with Crippen molar-refractivity contribution in [2.45, 2.75) is 51.5 Å². The minimum Gasteiger partial charge on any atom is -0.495 e. The molecule has 0 radical (unpaired) electrons. The maximum Gasteiger partial charge on any atom is 0.249 e. The molecule has 1 aliphatic heterocycles. The monoisotopic (exact) mass is 330 g/mol. The summed E-state index contributed by atoms with van der Waals surface area (Å²) in [5, 5.41) is 3.03. The zero-order chi connectivity index (χ0) is 17.2. The van der Waals surface area contributed by atoms with E-state index in [4.69, 9.17) is 4.74 Å². The molecule has 24 heavy (non-hydrogen) atoms. The Morgan fingerprint density at radius 2 is 2.04 bits per heavy atom. The summed E-state index contributed by atoms with van der Waals surface area (Å²) in [5.41, 5.74) is 0.505. The summed E-state index contributed by atoms with van der Waals surface area (Å²) in [6.07, 6.45) is 5.57. The maximum atomic E-state index is 12.8. The van der Waals surface area contributed by atoms with Gasteiger partial charge < -0.3 is 15.0 Å². The molecule has 130 valence electrons. The van der Waals surface area contributed by atoms with Gasteiger partial charge in [-0.15, -0.1) is 0 Å². The highest BCUT2D eigenvalue weighted by atomic mass is 16.5. The minimum absolute atomic E-state index is 0.0444. The molecule has 0 bridgehead atoms. The first-order chi connectivity index (χ1) is 11.6. The standard InChI is InChI=1S/C19H26N2O3/c1-3-19(11-6-7-12-19)18(23)20-14-10-13-21(17(14)22)15-8-4-5-9-16(15)24-2/h4-5,8-9,14H,3,6-7,10-13H2,1-2H3,(H,20,23). The Morgan fingerprint density at radius 1 is 1.33 bits per heavy atom. The van der Waals surface area contributed by atoms with Crippen LogP contribution in [0.2, 0.25) is 0 Å². The van der Waals surface area contributed by atoms with Gasteiger partial charge in [-0.3, -0.25) is 9.59 Å². The molecule has 1 aliphatic carbocycles. The van der Waals surface area contributed by atoms with E-state index in [1.54, 1.807) is 12.0 Å². The van der Waals surface area contributed by atoms with Crippen molar-refractivity contribution in [3.05, 3.63) is 24.3 Å². The molecule has 0 spiro atoms. The largest absolute Gasteiger partial charge is 0.495 e. The molecule has 1 heterocycles. The number of nitrogens with zero attached hydrogens (tertiary/aromatic N) is 1. The van der Waals surface area contributed by atoms with Gasteiger partial charge in [-0.05, 0) is 37.8 Å². The van der Waals surface area contributed by atoms with Crippen molar-refractivity contribution in [3.8, 4) is 5.75 Å². The third kappa shape index (κ3) is 2.87. The smallest absolute Gasteiger partial charge is 0.249 e. The molecule has 2 aliphatic rings. The molecule has 0 aromatic heterocycles. The number of methoxy groups -OCH3 is 1. The number of hydrogen-bond donors (Lipinski definition) is 1. The van der Waals surface area contributed by atoms with Crippen LogP contribution in [0.5, 0.6) is 5.75 Å². The predicted octanol–water partition coefficient (Wildman–Crippen LogP) is 2.89. The highest BCUT2D eigenvalue weighted by molar-refractivity contribution is 6.02. The van der Waals surface area contributed by atoms with Crippen molar-refractivity contribution in [1.82, 2.24) is 5.32 Å². The Kier molecular flexibility index (Phi) is 4.78. The number of nitrogens with one attached hydrogen (secondary N) is 1. The van der Waals surface area contributed by atoms with Crippen molar-refractivity contribution in [2.75, 3.05) is 18.6 Å². The molecule has 1 saturated carbocycles. The Morgan fingerprint density at radius 3 is 2.71 bits per heavy atom. The number of anilines is 1. The quantitative estimate of drug-likeness (QED) is 0.903. The van der Waals surface area contributed by atoms with Gasteiger partial charge >= 0.3 is 0 Å². The van der Waals surface area contributed by atoms with Crippen LogP contribution in [0.3, 0.4) is 0 Å². The van der Waals surface area contributed by atoms with E-state index in [1.807, 2.05) is 24.3 Å². The normalized spacial score (nSPS) is 22.7. The second-order valence-electron chi connectivity index (χ2n) is 6.82. The Hall–Kier alpha value is -2.04. The lowest BCUT2D eigenvalue weighted by Crippen LogP contribution is -2.47. The van der Waals surface area contributed by atoms with Crippen molar-refractivity contribution in [1.29, 1.82) is 0 Å². The molecule has 1 atom stereocenters. The summed E-state index contributed by atoms with van der Waals surface area (Å²) in [6, 6.07) is 7.07. The van der Waals surface area contributed by atoms with Crippen molar-refractivity contribution >= 4 is 17.5 Å². The number of carbonyl (C=O) groups is 2. The molecule has 3 rings (SSSR count). The summed E-state index contributed by atoms with van der Waals surface area (Å²) in [6.45, 7) is 2.67. The van der Waals surface area contributed by atoms with E-state index >= 15 is 0 Å². The number of rotatable bonds is 5. The zero-order valence-corrected chi connectivity index (χ0v) is 14.5. The van der Waals surface area contributed by atoms with E-state index in [0.717, 1.165) is 37.8 Å². The highest BCUT2D eigenvalue weighted by Gasteiger charge is 2.42. The van der Waals surface area contributed by atoms with Gasteiger partial charge in [-0.25, -0.2) is 0 Å². The van der Waals surface area contributed by atoms with Crippen LogP contribution in [0.25, 0.3) is 0 Å². The molecule has 1 aromatic carbocycles. The molecular weight excluding hydrogens is 304 g/mol. The van der Waals surface area contributed by atoms with Crippen LogP contribution in [-0.2, 0) is 9.59 Å². The van der Waals surface area contributed by atoms with E-state index < -0.39 is 6.04 Å². The Bertz CT molecular complexity index is 623. The molecular formula is C19H26N2O3. The second-order valence-corrected chi connectivity index (χ2v) is 6.82. The Balaban J connectivity index is 1.71. The van der Waals surface area contributed by atoms with E-state index in [0.29, 0.717) is 18.7 Å². The van der Waals surface area contributed by atoms with Crippen LogP contribution in [-0.4, -0.2) is 31.5 Å². The number of amides is 2. The minimum atomic E-state index is -0.425. The first kappa shape index (κ1) is 16.8. The van der Waals surface area contributed by atoms with Crippen LogP contribution in [0, 0.1) is 5.41 Å². The third-order valence-corrected chi connectivity index (χ3v) is 5.61. The fourth-order valence-corrected chi connectivity index (χ4v) is 4.01. The molecule has 5 nitrogen and oxygen atoms in total. The average Bonchev–Trinajstić information content (AvgIpc) is 3.23. The second kappa shape index (κ2) is 6.83. The van der Waals surface area contributed by atoms with Crippen LogP contribution < -0.4 is 15.0 Å². The van der Waals surface area contributed by atoms with E-state index in [1.165, 1.54) is 0 Å². The van der Waals surface area contributed by atoms with Crippen molar-refractivity contribution < 1.29 is 14.3 Å². The summed E-state index contributed by atoms with van der Waals surface area (Å²) in [4.78, 5) is 27.3. The summed E-state index contributed by atoms with van der Waals surface area (Å²) < 4.78 is 5.36. The SMILES string of the molecule is CCC1(C(=O)NC2CCN(c3ccccc3OC)C2=O)CCCC1. The zero-order valence-electron chi connectivity index (χ0n) is 14.5. The van der Waals surface area contributed by atoms with Gasteiger partial charge in [-0.1, -0.05) is 31.9 Å². The number of carbonyl (C=O) groups excluding carboxylic acids is 2. The number of hydrogen-bond acceptors (Lipinski definition) is 3. The fraction of sp³-hybridized carbons (Fsp3) is 0.579. The fourth-order valence-electron chi connectivity index (χ4n) is 4.01.